The molecule has 1 unspecified atom stereocenters. The topological polar surface area (TPSA) is 61.5 Å². The van der Waals surface area contributed by atoms with Crippen molar-refractivity contribution in [1.82, 2.24) is 0 Å². The summed E-state index contributed by atoms with van der Waals surface area (Å²) in [6.45, 7) is 4.02. The van der Waals surface area contributed by atoms with Crippen molar-refractivity contribution in [3.63, 3.8) is 0 Å². The molecular formula is C17H23NO3. The number of benzene rings is 1. The van der Waals surface area contributed by atoms with Gasteiger partial charge < -0.3 is 15.2 Å². The summed E-state index contributed by atoms with van der Waals surface area (Å²) >= 11 is 0. The maximum Gasteiger partial charge on any atom is 0.327 e. The number of nitrogens with two attached hydrogens (primary N) is 1. The van der Waals surface area contributed by atoms with E-state index in [1.807, 2.05) is 18.2 Å². The molecule has 2 N–H and O–H groups in total. The zero-order valence-electron chi connectivity index (χ0n) is 12.3. The van der Waals surface area contributed by atoms with E-state index >= 15 is 0 Å². The van der Waals surface area contributed by atoms with Crippen molar-refractivity contribution in [2.24, 2.45) is 5.73 Å². The molecule has 0 saturated heterocycles. The van der Waals surface area contributed by atoms with Crippen LogP contribution in [0.3, 0.4) is 0 Å². The Bertz CT molecular complexity index is 481. The smallest absolute Gasteiger partial charge is 0.327 e. The highest BCUT2D eigenvalue weighted by Gasteiger charge is 2.23. The van der Waals surface area contributed by atoms with Gasteiger partial charge in [0.25, 0.3) is 0 Å². The first kappa shape index (κ1) is 15.6. The van der Waals surface area contributed by atoms with E-state index in [4.69, 9.17) is 15.2 Å². The van der Waals surface area contributed by atoms with Crippen molar-refractivity contribution in [2.45, 2.75) is 44.2 Å². The first-order chi connectivity index (χ1) is 10.2. The molecule has 0 heterocycles. The van der Waals surface area contributed by atoms with Crippen LogP contribution in [-0.2, 0) is 9.53 Å². The van der Waals surface area contributed by atoms with Crippen LogP contribution in [-0.4, -0.2) is 18.7 Å². The molecule has 0 amide bonds. The van der Waals surface area contributed by atoms with Gasteiger partial charge >= 0.3 is 5.97 Å². The van der Waals surface area contributed by atoms with Crippen molar-refractivity contribution in [1.29, 1.82) is 0 Å². The lowest BCUT2D eigenvalue weighted by Crippen LogP contribution is -2.29. The van der Waals surface area contributed by atoms with Crippen LogP contribution in [0.5, 0.6) is 5.75 Å². The van der Waals surface area contributed by atoms with Gasteiger partial charge in [-0.05, 0) is 43.4 Å². The molecule has 0 spiro atoms. The Balaban J connectivity index is 1.95. The average molecular weight is 289 g/mol. The van der Waals surface area contributed by atoms with Crippen LogP contribution in [0, 0.1) is 0 Å². The van der Waals surface area contributed by atoms with Gasteiger partial charge in [-0.2, -0.15) is 0 Å². The molecule has 4 nitrogen and oxygen atoms in total. The number of carbonyl (C=O) groups is 1. The van der Waals surface area contributed by atoms with E-state index in [9.17, 15) is 4.79 Å². The van der Waals surface area contributed by atoms with Gasteiger partial charge in [-0.1, -0.05) is 31.2 Å². The second kappa shape index (κ2) is 7.84. The Kier molecular flexibility index (Phi) is 5.81. The summed E-state index contributed by atoms with van der Waals surface area (Å²) in [7, 11) is 0. The molecular weight excluding hydrogens is 266 g/mol. The monoisotopic (exact) mass is 289 g/mol. The van der Waals surface area contributed by atoms with E-state index in [0.29, 0.717) is 17.9 Å². The molecule has 2 rings (SSSR count). The summed E-state index contributed by atoms with van der Waals surface area (Å²) in [6.07, 6.45) is 7.06. The molecule has 114 valence electrons. The fourth-order valence-electron chi connectivity index (χ4n) is 2.51. The van der Waals surface area contributed by atoms with Crippen LogP contribution in [0.1, 0.15) is 43.7 Å². The summed E-state index contributed by atoms with van der Waals surface area (Å²) in [5.74, 6) is 0.316. The van der Waals surface area contributed by atoms with Crippen molar-refractivity contribution in [3.8, 4) is 5.75 Å². The molecule has 1 aliphatic carbocycles. The third-order valence-electron chi connectivity index (χ3n) is 3.67. The molecule has 1 fully saturated rings. The minimum Gasteiger partial charge on any atom is -0.490 e. The van der Waals surface area contributed by atoms with Crippen LogP contribution in [0.25, 0.3) is 0 Å². The number of carbonyl (C=O) groups excluding carboxylic acids is 1. The summed E-state index contributed by atoms with van der Waals surface area (Å²) in [5, 5.41) is 0. The van der Waals surface area contributed by atoms with Gasteiger partial charge in [0.1, 0.15) is 24.5 Å². The van der Waals surface area contributed by atoms with Crippen LogP contribution < -0.4 is 10.5 Å². The third-order valence-corrected chi connectivity index (χ3v) is 3.67. The van der Waals surface area contributed by atoms with Gasteiger partial charge in [0.05, 0.1) is 0 Å². The average Bonchev–Trinajstić information content (AvgIpc) is 2.53. The van der Waals surface area contributed by atoms with Crippen LogP contribution in [0.4, 0.5) is 0 Å². The van der Waals surface area contributed by atoms with Crippen molar-refractivity contribution < 1.29 is 14.3 Å². The minimum absolute atomic E-state index is 0.0255. The molecule has 1 atom stereocenters. The van der Waals surface area contributed by atoms with E-state index in [0.717, 1.165) is 25.7 Å². The maximum atomic E-state index is 12.1. The highest BCUT2D eigenvalue weighted by atomic mass is 16.5. The highest BCUT2D eigenvalue weighted by molar-refractivity contribution is 5.77. The summed E-state index contributed by atoms with van der Waals surface area (Å²) < 4.78 is 11.0. The predicted molar refractivity (Wildman–Crippen MR) is 82.0 cm³/mol. The van der Waals surface area contributed by atoms with E-state index in [-0.39, 0.29) is 12.1 Å². The molecule has 0 bridgehead atoms. The van der Waals surface area contributed by atoms with E-state index in [1.165, 1.54) is 6.42 Å². The number of hydrogen-bond donors (Lipinski definition) is 1. The molecule has 1 saturated carbocycles. The van der Waals surface area contributed by atoms with E-state index in [2.05, 4.69) is 6.58 Å². The number of ether oxygens (including phenoxy) is 2. The molecule has 1 aromatic rings. The van der Waals surface area contributed by atoms with Crippen LogP contribution in [0.15, 0.2) is 36.9 Å². The van der Waals surface area contributed by atoms with Gasteiger partial charge in [0.2, 0.25) is 0 Å². The van der Waals surface area contributed by atoms with E-state index in [1.54, 1.807) is 12.1 Å². The van der Waals surface area contributed by atoms with Crippen molar-refractivity contribution >= 4 is 5.97 Å². The number of rotatable bonds is 6. The molecule has 1 aliphatic rings. The molecule has 0 aliphatic heterocycles. The van der Waals surface area contributed by atoms with Gasteiger partial charge in [-0.3, -0.25) is 0 Å². The van der Waals surface area contributed by atoms with Gasteiger partial charge in [0.15, 0.2) is 0 Å². The largest absolute Gasteiger partial charge is 0.490 e. The molecule has 1 aromatic carbocycles. The number of esters is 1. The summed E-state index contributed by atoms with van der Waals surface area (Å²) in [6, 6.07) is 6.47. The standard InChI is InChI=1S/C17H23NO3/c1-2-11-20-15-10-6-7-13(12-15)16(18)17(19)21-14-8-4-3-5-9-14/h2,6-7,10,12,14,16H,1,3-5,8-9,11,18H2. The Labute approximate surface area is 125 Å². The fraction of sp³-hybridized carbons (Fsp3) is 0.471. The van der Waals surface area contributed by atoms with Crippen molar-refractivity contribution in [3.05, 3.63) is 42.5 Å². The minimum atomic E-state index is -0.765. The Morgan fingerprint density at radius 1 is 1.38 bits per heavy atom. The second-order valence-electron chi connectivity index (χ2n) is 5.35. The third kappa shape index (κ3) is 4.60. The first-order valence-corrected chi connectivity index (χ1v) is 7.50. The lowest BCUT2D eigenvalue weighted by atomic mass is 9.97. The van der Waals surface area contributed by atoms with E-state index < -0.39 is 6.04 Å². The predicted octanol–water partition coefficient (Wildman–Crippen LogP) is 3.13. The first-order valence-electron chi connectivity index (χ1n) is 7.50. The van der Waals surface area contributed by atoms with Gasteiger partial charge in [0, 0.05) is 0 Å². The quantitative estimate of drug-likeness (QED) is 0.645. The molecule has 0 aromatic heterocycles. The zero-order valence-corrected chi connectivity index (χ0v) is 12.3. The van der Waals surface area contributed by atoms with Crippen molar-refractivity contribution in [2.75, 3.05) is 6.61 Å². The zero-order chi connectivity index (χ0) is 15.1. The molecule has 0 radical (unpaired) electrons. The molecule has 21 heavy (non-hydrogen) atoms. The Hall–Kier alpha value is -1.81. The highest BCUT2D eigenvalue weighted by Crippen LogP contribution is 2.23. The summed E-state index contributed by atoms with van der Waals surface area (Å²) in [5.41, 5.74) is 6.71. The second-order valence-corrected chi connectivity index (χ2v) is 5.35. The Morgan fingerprint density at radius 3 is 2.86 bits per heavy atom. The SMILES string of the molecule is C=CCOc1cccc(C(N)C(=O)OC2CCCCC2)c1. The van der Waals surface area contributed by atoms with Crippen LogP contribution in [0.2, 0.25) is 0 Å². The normalized spacial score (nSPS) is 17.0. The number of hydrogen-bond acceptors (Lipinski definition) is 4. The van der Waals surface area contributed by atoms with Crippen LogP contribution >= 0.6 is 0 Å². The molecule has 4 heteroatoms. The van der Waals surface area contributed by atoms with Gasteiger partial charge in [-0.15, -0.1) is 0 Å². The Morgan fingerprint density at radius 2 is 2.14 bits per heavy atom. The van der Waals surface area contributed by atoms with Gasteiger partial charge in [-0.25, -0.2) is 4.79 Å². The summed E-state index contributed by atoms with van der Waals surface area (Å²) in [4.78, 5) is 12.1. The lowest BCUT2D eigenvalue weighted by molar-refractivity contribution is -0.152. The lowest BCUT2D eigenvalue weighted by Gasteiger charge is -2.23. The maximum absolute atomic E-state index is 12.1. The fourth-order valence-corrected chi connectivity index (χ4v) is 2.51.